The van der Waals surface area contributed by atoms with Crippen molar-refractivity contribution in [1.82, 2.24) is 15.0 Å². The smallest absolute Gasteiger partial charge is 0.166 e. The third kappa shape index (κ3) is 3.49. The number of aromatic amines is 1. The van der Waals surface area contributed by atoms with Crippen molar-refractivity contribution >= 4 is 34.4 Å². The topological polar surface area (TPSA) is 50.8 Å². The van der Waals surface area contributed by atoms with Crippen LogP contribution in [-0.2, 0) is 5.75 Å². The van der Waals surface area contributed by atoms with Gasteiger partial charge in [-0.05, 0) is 31.2 Å². The molecule has 108 valence electrons. The molecule has 0 unspecified atom stereocenters. The van der Waals surface area contributed by atoms with Crippen molar-refractivity contribution in [3.8, 4) is 5.75 Å². The molecule has 0 radical (unpaired) electrons. The van der Waals surface area contributed by atoms with Gasteiger partial charge in [0, 0.05) is 23.0 Å². The first-order chi connectivity index (χ1) is 10.2. The third-order valence-corrected chi connectivity index (χ3v) is 4.02. The van der Waals surface area contributed by atoms with Gasteiger partial charge in [0.25, 0.3) is 0 Å². The molecule has 0 amide bonds. The third-order valence-electron chi connectivity index (χ3n) is 2.88. The number of fused-ring (bicyclic) bond motifs is 1. The summed E-state index contributed by atoms with van der Waals surface area (Å²) in [4.78, 5) is 12.1. The molecule has 21 heavy (non-hydrogen) atoms. The first-order valence-electron chi connectivity index (χ1n) is 6.60. The van der Waals surface area contributed by atoms with Gasteiger partial charge < -0.3 is 9.72 Å². The molecule has 0 spiro atoms. The fourth-order valence-corrected chi connectivity index (χ4v) is 2.93. The summed E-state index contributed by atoms with van der Waals surface area (Å²) in [6.07, 6.45) is 1.71. The molecule has 0 fully saturated rings. The van der Waals surface area contributed by atoms with Crippen molar-refractivity contribution in [2.24, 2.45) is 0 Å². The molecule has 1 N–H and O–H groups in total. The maximum atomic E-state index is 5.95. The first-order valence-corrected chi connectivity index (χ1v) is 7.97. The Kier molecular flexibility index (Phi) is 4.31. The van der Waals surface area contributed by atoms with Crippen LogP contribution in [0.1, 0.15) is 12.6 Å². The van der Waals surface area contributed by atoms with Crippen LogP contribution in [0.2, 0.25) is 5.02 Å². The number of nitrogens with zero attached hydrogens (tertiary/aromatic N) is 2. The number of thioether (sulfide) groups is 1. The number of ether oxygens (including phenoxy) is 1. The molecular weight excluding hydrogens is 306 g/mol. The van der Waals surface area contributed by atoms with E-state index in [4.69, 9.17) is 16.3 Å². The van der Waals surface area contributed by atoms with E-state index in [1.807, 2.05) is 31.2 Å². The summed E-state index contributed by atoms with van der Waals surface area (Å²) < 4.78 is 5.49. The zero-order chi connectivity index (χ0) is 14.7. The number of hydrogen-bond acceptors (Lipinski definition) is 4. The minimum atomic E-state index is 0.654. The molecule has 3 rings (SSSR count). The van der Waals surface area contributed by atoms with Crippen molar-refractivity contribution in [2.75, 3.05) is 6.61 Å². The number of hydrogen-bond donors (Lipinski definition) is 1. The fourth-order valence-electron chi connectivity index (χ4n) is 1.96. The van der Waals surface area contributed by atoms with Gasteiger partial charge in [0.15, 0.2) is 5.16 Å². The largest absolute Gasteiger partial charge is 0.494 e. The highest BCUT2D eigenvalue weighted by Gasteiger charge is 2.06. The molecule has 2 heterocycles. The summed E-state index contributed by atoms with van der Waals surface area (Å²) in [5, 5.41) is 1.56. The number of pyridine rings is 1. The highest BCUT2D eigenvalue weighted by atomic mass is 35.5. The normalized spacial score (nSPS) is 11.0. The zero-order valence-corrected chi connectivity index (χ0v) is 13.0. The Balaban J connectivity index is 1.75. The van der Waals surface area contributed by atoms with E-state index in [9.17, 15) is 0 Å². The van der Waals surface area contributed by atoms with Gasteiger partial charge in [0.05, 0.1) is 23.3 Å². The number of imidazole rings is 1. The van der Waals surface area contributed by atoms with Gasteiger partial charge in [0.1, 0.15) is 5.75 Å². The van der Waals surface area contributed by atoms with Crippen LogP contribution in [0, 0.1) is 0 Å². The maximum Gasteiger partial charge on any atom is 0.166 e. The van der Waals surface area contributed by atoms with Gasteiger partial charge in [-0.15, -0.1) is 0 Å². The van der Waals surface area contributed by atoms with Crippen LogP contribution in [0.4, 0.5) is 0 Å². The van der Waals surface area contributed by atoms with Crippen molar-refractivity contribution in [3.63, 3.8) is 0 Å². The van der Waals surface area contributed by atoms with Crippen LogP contribution in [0.5, 0.6) is 5.75 Å². The van der Waals surface area contributed by atoms with E-state index in [0.29, 0.717) is 11.6 Å². The van der Waals surface area contributed by atoms with Crippen molar-refractivity contribution in [2.45, 2.75) is 17.8 Å². The zero-order valence-electron chi connectivity index (χ0n) is 11.5. The predicted molar refractivity (Wildman–Crippen MR) is 86.1 cm³/mol. The van der Waals surface area contributed by atoms with Gasteiger partial charge in [-0.25, -0.2) is 4.98 Å². The Labute approximate surface area is 131 Å². The lowest BCUT2D eigenvalue weighted by atomic mass is 10.3. The summed E-state index contributed by atoms with van der Waals surface area (Å²) in [5.41, 5.74) is 2.84. The summed E-state index contributed by atoms with van der Waals surface area (Å²) >= 11 is 7.55. The standard InChI is InChI=1S/C15H14ClN3OS/c1-2-20-12-3-4-13-14(8-12)19-15(18-13)21-9-11-7-10(16)5-6-17-11/h3-8H,2,9H2,1H3,(H,18,19). The summed E-state index contributed by atoms with van der Waals surface area (Å²) in [6, 6.07) is 9.49. The van der Waals surface area contributed by atoms with E-state index in [-0.39, 0.29) is 0 Å². The molecular formula is C15H14ClN3OS. The van der Waals surface area contributed by atoms with Gasteiger partial charge in [-0.3, -0.25) is 4.98 Å². The van der Waals surface area contributed by atoms with E-state index >= 15 is 0 Å². The van der Waals surface area contributed by atoms with E-state index in [2.05, 4.69) is 15.0 Å². The van der Waals surface area contributed by atoms with Crippen LogP contribution in [-0.4, -0.2) is 21.6 Å². The second-order valence-electron chi connectivity index (χ2n) is 4.41. The highest BCUT2D eigenvalue weighted by molar-refractivity contribution is 7.98. The van der Waals surface area contributed by atoms with E-state index in [1.54, 1.807) is 24.0 Å². The monoisotopic (exact) mass is 319 g/mol. The second kappa shape index (κ2) is 6.37. The highest BCUT2D eigenvalue weighted by Crippen LogP contribution is 2.25. The Hall–Kier alpha value is -1.72. The minimum absolute atomic E-state index is 0.654. The van der Waals surface area contributed by atoms with Crippen molar-refractivity contribution in [1.29, 1.82) is 0 Å². The maximum absolute atomic E-state index is 5.95. The molecule has 2 aromatic heterocycles. The first kappa shape index (κ1) is 14.2. The number of halogens is 1. The molecule has 0 saturated carbocycles. The van der Waals surface area contributed by atoms with Crippen LogP contribution in [0.15, 0.2) is 41.7 Å². The van der Waals surface area contributed by atoms with Crippen LogP contribution in [0.3, 0.4) is 0 Å². The molecule has 0 aliphatic rings. The Morgan fingerprint density at radius 2 is 2.19 bits per heavy atom. The number of nitrogens with one attached hydrogen (secondary N) is 1. The summed E-state index contributed by atoms with van der Waals surface area (Å²) in [6.45, 7) is 2.62. The Morgan fingerprint density at radius 3 is 3.00 bits per heavy atom. The van der Waals surface area contributed by atoms with Gasteiger partial charge in [0.2, 0.25) is 0 Å². The average Bonchev–Trinajstić information content (AvgIpc) is 2.88. The second-order valence-corrected chi connectivity index (χ2v) is 5.81. The SMILES string of the molecule is CCOc1ccc2nc(SCc3cc(Cl)ccn3)[nH]c2c1. The van der Waals surface area contributed by atoms with Crippen molar-refractivity contribution < 1.29 is 4.74 Å². The lowest BCUT2D eigenvalue weighted by molar-refractivity contribution is 0.340. The molecule has 6 heteroatoms. The number of aromatic nitrogens is 3. The quantitative estimate of drug-likeness (QED) is 0.712. The summed E-state index contributed by atoms with van der Waals surface area (Å²) in [7, 11) is 0. The molecule has 0 atom stereocenters. The Morgan fingerprint density at radius 1 is 1.29 bits per heavy atom. The van der Waals surface area contributed by atoms with Gasteiger partial charge in [-0.1, -0.05) is 23.4 Å². The lowest BCUT2D eigenvalue weighted by Gasteiger charge is -2.00. The van der Waals surface area contributed by atoms with E-state index in [1.165, 1.54) is 0 Å². The van der Waals surface area contributed by atoms with E-state index < -0.39 is 0 Å². The molecule has 0 aliphatic carbocycles. The van der Waals surface area contributed by atoms with Crippen LogP contribution in [0.25, 0.3) is 11.0 Å². The molecule has 0 aliphatic heterocycles. The van der Waals surface area contributed by atoms with Crippen LogP contribution >= 0.6 is 23.4 Å². The van der Waals surface area contributed by atoms with Crippen LogP contribution < -0.4 is 4.74 Å². The Bertz CT molecular complexity index is 760. The average molecular weight is 320 g/mol. The molecule has 0 bridgehead atoms. The fraction of sp³-hybridized carbons (Fsp3) is 0.200. The van der Waals surface area contributed by atoms with Gasteiger partial charge in [-0.2, -0.15) is 0 Å². The molecule has 1 aromatic carbocycles. The molecule has 4 nitrogen and oxygen atoms in total. The molecule has 3 aromatic rings. The van der Waals surface area contributed by atoms with Gasteiger partial charge >= 0.3 is 0 Å². The predicted octanol–water partition coefficient (Wildman–Crippen LogP) is 4.30. The van der Waals surface area contributed by atoms with E-state index in [0.717, 1.165) is 33.4 Å². The lowest BCUT2D eigenvalue weighted by Crippen LogP contribution is -1.90. The number of rotatable bonds is 5. The number of H-pyrrole nitrogens is 1. The molecule has 0 saturated heterocycles. The summed E-state index contributed by atoms with van der Waals surface area (Å²) in [5.74, 6) is 1.57. The number of benzene rings is 1. The van der Waals surface area contributed by atoms with Crippen molar-refractivity contribution in [3.05, 3.63) is 47.2 Å². The minimum Gasteiger partial charge on any atom is -0.494 e.